The van der Waals surface area contributed by atoms with Gasteiger partial charge in [0.25, 0.3) is 9.05 Å². The molecule has 2 aliphatic carbocycles. The molecule has 11 nitrogen and oxygen atoms in total. The van der Waals surface area contributed by atoms with Gasteiger partial charge in [0.2, 0.25) is 21.9 Å². The second-order valence-electron chi connectivity index (χ2n) is 18.7. The van der Waals surface area contributed by atoms with Gasteiger partial charge in [-0.2, -0.15) is 4.31 Å². The number of imidazole rings is 2. The predicted molar refractivity (Wildman–Crippen MR) is 218 cm³/mol. The van der Waals surface area contributed by atoms with Crippen LogP contribution in [-0.4, -0.2) is 76.3 Å². The van der Waals surface area contributed by atoms with E-state index in [2.05, 4.69) is 9.55 Å². The Kier molecular flexibility index (Phi) is 12.4. The Morgan fingerprint density at radius 1 is 0.712 bits per heavy atom. The summed E-state index contributed by atoms with van der Waals surface area (Å²) < 4.78 is 109. The van der Waals surface area contributed by atoms with Gasteiger partial charge in [0.15, 0.2) is 0 Å². The number of alkyl halides is 4. The van der Waals surface area contributed by atoms with Crippen LogP contribution in [0.15, 0.2) is 46.2 Å². The van der Waals surface area contributed by atoms with E-state index in [1.807, 2.05) is 46.1 Å². The van der Waals surface area contributed by atoms with Crippen molar-refractivity contribution in [3.8, 4) is 0 Å². The molecule has 1 saturated heterocycles. The lowest BCUT2D eigenvalue weighted by Crippen LogP contribution is -2.50. The summed E-state index contributed by atoms with van der Waals surface area (Å²) in [4.78, 5) is 20.4. The van der Waals surface area contributed by atoms with Gasteiger partial charge in [-0.15, -0.1) is 0 Å². The minimum Gasteiger partial charge on any atom is -0.481 e. The number of carbonyl (C=O) groups is 1. The van der Waals surface area contributed by atoms with Crippen molar-refractivity contribution >= 4 is 57.8 Å². The second kappa shape index (κ2) is 16.2. The zero-order valence-electron chi connectivity index (χ0n) is 34.3. The molecule has 2 saturated carbocycles. The summed E-state index contributed by atoms with van der Waals surface area (Å²) in [6.45, 7) is 13.7. The number of halogens is 5. The SMILES string of the molecule is CC(C)(C)c1nc2cc(S(=O)(=O)Cl)ccc2n1CC1CCC(F)(F)CC1.CC(C)(C)c1nc2cc(S(=O)(=O)N3CC(CC(=O)O)C3)ccc2n1CC1CCC(F)(F)CC1. The smallest absolute Gasteiger partial charge is 0.303 e. The summed E-state index contributed by atoms with van der Waals surface area (Å²) in [6.07, 6.45) is 1.46. The summed E-state index contributed by atoms with van der Waals surface area (Å²) in [6, 6.07) is 9.50. The minimum absolute atomic E-state index is 0.00841. The molecule has 2 aromatic heterocycles. The zero-order valence-corrected chi connectivity index (χ0v) is 36.7. The molecule has 3 heterocycles. The lowest BCUT2D eigenvalue weighted by atomic mass is 9.86. The highest BCUT2D eigenvalue weighted by Crippen LogP contribution is 2.40. The molecule has 3 aliphatic rings. The van der Waals surface area contributed by atoms with E-state index >= 15 is 0 Å². The Bertz CT molecular complexity index is 2410. The normalized spacial score (nSPS) is 20.1. The van der Waals surface area contributed by atoms with Crippen molar-refractivity contribution in [3.05, 3.63) is 48.0 Å². The van der Waals surface area contributed by atoms with Crippen LogP contribution in [0.1, 0.15) is 111 Å². The Morgan fingerprint density at radius 3 is 1.47 bits per heavy atom. The van der Waals surface area contributed by atoms with Crippen molar-refractivity contribution in [2.75, 3.05) is 13.1 Å². The number of rotatable bonds is 9. The van der Waals surface area contributed by atoms with Crippen LogP contribution in [-0.2, 0) is 47.8 Å². The first-order valence-corrected chi connectivity index (χ1v) is 23.8. The Labute approximate surface area is 348 Å². The van der Waals surface area contributed by atoms with Gasteiger partial charge in [-0.05, 0) is 79.8 Å². The molecule has 0 amide bonds. The summed E-state index contributed by atoms with van der Waals surface area (Å²) in [5.41, 5.74) is 2.14. The first kappa shape index (κ1) is 45.3. The van der Waals surface area contributed by atoms with Gasteiger partial charge in [-0.25, -0.2) is 44.4 Å². The van der Waals surface area contributed by atoms with Crippen LogP contribution in [0.25, 0.3) is 22.1 Å². The van der Waals surface area contributed by atoms with Gasteiger partial charge in [0.05, 0.1) is 38.3 Å². The molecule has 0 spiro atoms. The minimum atomic E-state index is -3.83. The third-order valence-corrected chi connectivity index (χ3v) is 14.8. The first-order chi connectivity index (χ1) is 27.1. The molecule has 326 valence electrons. The predicted octanol–water partition coefficient (Wildman–Crippen LogP) is 9.34. The molecule has 0 bridgehead atoms. The largest absolute Gasteiger partial charge is 0.481 e. The third-order valence-electron chi connectivity index (χ3n) is 11.6. The quantitative estimate of drug-likeness (QED) is 0.129. The number of benzene rings is 2. The van der Waals surface area contributed by atoms with Crippen LogP contribution < -0.4 is 0 Å². The Morgan fingerprint density at radius 2 is 1.10 bits per heavy atom. The fourth-order valence-corrected chi connectivity index (χ4v) is 10.8. The van der Waals surface area contributed by atoms with Gasteiger partial charge in [-0.1, -0.05) is 41.5 Å². The highest BCUT2D eigenvalue weighted by molar-refractivity contribution is 8.13. The van der Waals surface area contributed by atoms with Gasteiger partial charge >= 0.3 is 5.97 Å². The first-order valence-electron chi connectivity index (χ1n) is 20.1. The number of aromatic nitrogens is 4. The van der Waals surface area contributed by atoms with Crippen LogP contribution in [0, 0.1) is 17.8 Å². The summed E-state index contributed by atoms with van der Waals surface area (Å²) in [7, 11) is -2.12. The number of fused-ring (bicyclic) bond motifs is 2. The van der Waals surface area contributed by atoms with Gasteiger partial charge in [0, 0.05) is 73.4 Å². The molecule has 1 aliphatic heterocycles. The van der Waals surface area contributed by atoms with E-state index in [1.165, 1.54) is 16.4 Å². The van der Waals surface area contributed by atoms with Crippen molar-refractivity contribution in [1.29, 1.82) is 0 Å². The van der Waals surface area contributed by atoms with Crippen LogP contribution >= 0.6 is 10.7 Å². The maximum atomic E-state index is 13.6. The van der Waals surface area contributed by atoms with E-state index in [9.17, 15) is 39.2 Å². The monoisotopic (exact) mass is 887 g/mol. The number of nitrogens with zero attached hydrogens (tertiary/aromatic N) is 5. The average molecular weight is 888 g/mol. The molecule has 1 N–H and O–H groups in total. The van der Waals surface area contributed by atoms with E-state index in [0.29, 0.717) is 49.8 Å². The zero-order chi connectivity index (χ0) is 43.5. The maximum Gasteiger partial charge on any atom is 0.303 e. The van der Waals surface area contributed by atoms with E-state index in [1.54, 1.807) is 24.3 Å². The van der Waals surface area contributed by atoms with Crippen LogP contribution in [0.4, 0.5) is 17.6 Å². The standard InChI is InChI=1S/C23H31F2N3O4S.C18H23ClF2N2O2S/c1-22(2,3)21-26-18-11-17(33(31,32)27-12-16(13-27)10-20(29)30)4-5-19(18)28(21)14-15-6-8-23(24,25)9-7-15;1-17(2,3)16-22-14-10-13(26(19,24)25)4-5-15(14)23(16)11-12-6-8-18(20,21)9-7-12/h4-5,11,15-16H,6-10,12-14H2,1-3H3,(H,29,30);4-5,10,12H,6-9,11H2,1-3H3. The molecule has 18 heteroatoms. The molecule has 0 unspecified atom stereocenters. The number of aliphatic carboxylic acids is 1. The topological polar surface area (TPSA) is 144 Å². The lowest BCUT2D eigenvalue weighted by molar-refractivity contribution is -0.139. The maximum absolute atomic E-state index is 13.6. The van der Waals surface area contributed by atoms with Crippen LogP contribution in [0.3, 0.4) is 0 Å². The van der Waals surface area contributed by atoms with E-state index in [4.69, 9.17) is 20.8 Å². The molecule has 0 atom stereocenters. The summed E-state index contributed by atoms with van der Waals surface area (Å²) in [5, 5.41) is 8.89. The number of sulfonamides is 1. The number of hydrogen-bond donors (Lipinski definition) is 1. The second-order valence-corrected chi connectivity index (χ2v) is 23.2. The molecule has 0 radical (unpaired) electrons. The summed E-state index contributed by atoms with van der Waals surface area (Å²) >= 11 is 0. The highest BCUT2D eigenvalue weighted by atomic mass is 35.7. The van der Waals surface area contributed by atoms with Gasteiger partial charge < -0.3 is 14.2 Å². The fraction of sp³-hybridized carbons (Fsp3) is 0.634. The molecule has 7 rings (SSSR count). The van der Waals surface area contributed by atoms with Crippen LogP contribution in [0.5, 0.6) is 0 Å². The molecular formula is C41H54ClF4N5O6S2. The van der Waals surface area contributed by atoms with E-state index < -0.39 is 36.9 Å². The van der Waals surface area contributed by atoms with E-state index in [0.717, 1.165) is 22.7 Å². The van der Waals surface area contributed by atoms with Crippen molar-refractivity contribution in [2.24, 2.45) is 17.8 Å². The van der Waals surface area contributed by atoms with E-state index in [-0.39, 0.29) is 83.6 Å². The Balaban J connectivity index is 0.000000204. The molecule has 4 aromatic rings. The van der Waals surface area contributed by atoms with Crippen molar-refractivity contribution in [1.82, 2.24) is 23.4 Å². The van der Waals surface area contributed by atoms with Crippen molar-refractivity contribution in [2.45, 2.75) is 145 Å². The summed E-state index contributed by atoms with van der Waals surface area (Å²) in [5.74, 6) is -4.34. The highest BCUT2D eigenvalue weighted by Gasteiger charge is 2.39. The van der Waals surface area contributed by atoms with Crippen LogP contribution in [0.2, 0.25) is 0 Å². The average Bonchev–Trinajstić information content (AvgIpc) is 3.66. The number of hydrogen-bond acceptors (Lipinski definition) is 7. The molecular weight excluding hydrogens is 834 g/mol. The van der Waals surface area contributed by atoms with Gasteiger partial charge in [-0.3, -0.25) is 4.79 Å². The molecule has 59 heavy (non-hydrogen) atoms. The third kappa shape index (κ3) is 10.4. The molecule has 2 aromatic carbocycles. The van der Waals surface area contributed by atoms with Crippen molar-refractivity contribution in [3.63, 3.8) is 0 Å². The van der Waals surface area contributed by atoms with Gasteiger partial charge in [0.1, 0.15) is 11.6 Å². The fourth-order valence-electron chi connectivity index (χ4n) is 8.37. The lowest BCUT2D eigenvalue weighted by Gasteiger charge is -2.37. The number of carboxylic acids is 1. The van der Waals surface area contributed by atoms with Crippen molar-refractivity contribution < 1.29 is 44.3 Å². The molecule has 3 fully saturated rings. The Hall–Kier alpha value is -3.28. The number of carboxylic acid groups (broad SMARTS) is 1.